The van der Waals surface area contributed by atoms with E-state index in [9.17, 15) is 65.7 Å². The lowest BCUT2D eigenvalue weighted by Gasteiger charge is -2.34. The van der Waals surface area contributed by atoms with Gasteiger partial charge in [0.15, 0.2) is 10.3 Å². The lowest BCUT2D eigenvalue weighted by molar-refractivity contribution is -0.383. The van der Waals surface area contributed by atoms with Crippen molar-refractivity contribution in [3.05, 3.63) is 76.3 Å². The highest BCUT2D eigenvalue weighted by Gasteiger charge is 2.36. The van der Waals surface area contributed by atoms with Gasteiger partial charge >= 0.3 is 12.4 Å². The van der Waals surface area contributed by atoms with E-state index in [0.717, 1.165) is 22.7 Å². The topological polar surface area (TPSA) is 193 Å². The predicted molar refractivity (Wildman–Crippen MR) is 189 cm³/mol. The summed E-state index contributed by atoms with van der Waals surface area (Å²) in [5, 5.41) is 22.1. The summed E-state index contributed by atoms with van der Waals surface area (Å²) in [6.45, 7) is 6.25. The Morgan fingerprint density at radius 2 is 1.05 bits per heavy atom. The van der Waals surface area contributed by atoms with Gasteiger partial charge in [0.2, 0.25) is 11.8 Å². The van der Waals surface area contributed by atoms with Crippen LogP contribution < -0.4 is 20.9 Å². The zero-order valence-corrected chi connectivity index (χ0v) is 30.2. The maximum Gasteiger partial charge on any atom is 0.416 e. The van der Waals surface area contributed by atoms with Gasteiger partial charge < -0.3 is 19.6 Å². The quantitative estimate of drug-likeness (QED) is 0.151. The molecule has 2 aliphatic rings. The second-order valence-corrected chi connectivity index (χ2v) is 14.0. The van der Waals surface area contributed by atoms with E-state index in [0.29, 0.717) is 83.0 Å². The van der Waals surface area contributed by atoms with E-state index in [4.69, 9.17) is 0 Å². The van der Waals surface area contributed by atoms with Crippen LogP contribution in [0.5, 0.6) is 0 Å². The van der Waals surface area contributed by atoms with E-state index in [1.165, 1.54) is 6.92 Å². The average molecular weight is 819 g/mol. The van der Waals surface area contributed by atoms with Crippen LogP contribution in [0.2, 0.25) is 0 Å². The van der Waals surface area contributed by atoms with Crippen molar-refractivity contribution in [3.63, 3.8) is 0 Å². The Kier molecular flexibility index (Phi) is 11.6. The van der Waals surface area contributed by atoms with Crippen LogP contribution in [0.4, 0.5) is 48.0 Å². The number of amides is 2. The van der Waals surface area contributed by atoms with Crippen LogP contribution in [0, 0.1) is 20.2 Å². The molecule has 55 heavy (non-hydrogen) atoms. The van der Waals surface area contributed by atoms with E-state index >= 15 is 0 Å². The number of hydrogen-bond donors (Lipinski definition) is 0. The van der Waals surface area contributed by atoms with E-state index < -0.39 is 66.6 Å². The summed E-state index contributed by atoms with van der Waals surface area (Å²) >= 11 is 1.59. The van der Waals surface area contributed by atoms with Crippen molar-refractivity contribution in [2.75, 3.05) is 62.2 Å². The fourth-order valence-electron chi connectivity index (χ4n) is 5.73. The van der Waals surface area contributed by atoms with Crippen LogP contribution in [-0.4, -0.2) is 93.8 Å². The molecule has 0 N–H and O–H groups in total. The van der Waals surface area contributed by atoms with E-state index in [1.54, 1.807) is 26.5 Å². The number of benzene rings is 2. The number of carbonyl (C=O) groups excluding carboxylic acids is 2. The number of non-ortho nitro benzene ring substituents is 2. The highest BCUT2D eigenvalue weighted by molar-refractivity contribution is 7.22. The van der Waals surface area contributed by atoms with Gasteiger partial charge in [0.25, 0.3) is 22.5 Å². The fourth-order valence-corrected chi connectivity index (χ4v) is 7.97. The molecule has 0 atom stereocenters. The number of nitro benzene ring substituents is 2. The van der Waals surface area contributed by atoms with E-state index in [1.807, 2.05) is 0 Å². The molecule has 24 heteroatoms. The molecule has 0 spiro atoms. The molecule has 0 unspecified atom stereocenters. The summed E-state index contributed by atoms with van der Waals surface area (Å²) in [6.07, 6.45) is -9.27. The van der Waals surface area contributed by atoms with E-state index in [-0.39, 0.29) is 31.5 Å². The number of aromatic nitrogens is 2. The average Bonchev–Trinajstić information content (AvgIpc) is 3.13. The number of fused-ring (bicyclic) bond motifs is 2. The zero-order chi connectivity index (χ0) is 40.6. The Bertz CT molecular complexity index is 2300. The Balaban J connectivity index is 0.000000211. The van der Waals surface area contributed by atoms with E-state index in [2.05, 4.69) is 9.97 Å². The van der Waals surface area contributed by atoms with Crippen molar-refractivity contribution in [2.24, 2.45) is 0 Å². The summed E-state index contributed by atoms with van der Waals surface area (Å²) in [7, 11) is 0. The molecule has 16 nitrogen and oxygen atoms in total. The second-order valence-electron chi connectivity index (χ2n) is 12.1. The number of hydrogen-bond acceptors (Lipinski definition) is 14. The molecule has 6 rings (SSSR count). The molecule has 0 radical (unpaired) electrons. The third kappa shape index (κ3) is 8.90. The maximum absolute atomic E-state index is 13.0. The Morgan fingerprint density at radius 1 is 0.691 bits per heavy atom. The molecular weight excluding hydrogens is 791 g/mol. The van der Waals surface area contributed by atoms with Crippen molar-refractivity contribution < 1.29 is 45.8 Å². The lowest BCUT2D eigenvalue weighted by atomic mass is 10.1. The van der Waals surface area contributed by atoms with Gasteiger partial charge in [-0.1, -0.05) is 29.6 Å². The van der Waals surface area contributed by atoms with Crippen LogP contribution in [0.15, 0.2) is 33.9 Å². The van der Waals surface area contributed by atoms with Crippen LogP contribution in [0.25, 0.3) is 20.2 Å². The summed E-state index contributed by atoms with van der Waals surface area (Å²) < 4.78 is 77.7. The first-order valence-electron chi connectivity index (χ1n) is 16.1. The van der Waals surface area contributed by atoms with Crippen molar-refractivity contribution in [1.82, 2.24) is 19.8 Å². The number of nitro groups is 2. The number of alkyl halides is 6. The minimum Gasteiger partial charge on any atom is -0.344 e. The summed E-state index contributed by atoms with van der Waals surface area (Å²) in [5.41, 5.74) is -6.01. The Hall–Kier alpha value is -5.52. The number of carbonyl (C=O) groups is 2. The highest BCUT2D eigenvalue weighted by atomic mass is 32.1. The molecule has 4 aromatic rings. The zero-order valence-electron chi connectivity index (χ0n) is 28.6. The first-order valence-corrected chi connectivity index (χ1v) is 17.8. The molecule has 4 heterocycles. The Labute approximate surface area is 312 Å². The molecule has 0 bridgehead atoms. The van der Waals surface area contributed by atoms with Gasteiger partial charge in [-0.25, -0.2) is 0 Å². The van der Waals surface area contributed by atoms with Crippen LogP contribution >= 0.6 is 22.7 Å². The minimum absolute atomic E-state index is 0.00498. The monoisotopic (exact) mass is 818 g/mol. The van der Waals surface area contributed by atoms with Gasteiger partial charge in [-0.2, -0.15) is 36.3 Å². The predicted octanol–water partition coefficient (Wildman–Crippen LogP) is 4.89. The van der Waals surface area contributed by atoms with Gasteiger partial charge in [0.1, 0.15) is 9.40 Å². The second kappa shape index (κ2) is 15.7. The molecule has 0 saturated carbocycles. The first-order chi connectivity index (χ1) is 25.7. The largest absolute Gasteiger partial charge is 0.416 e. The van der Waals surface area contributed by atoms with Gasteiger partial charge in [-0.15, -0.1) is 0 Å². The standard InChI is InChI=1S/C16H15F3N4O4S.C15H13F3N4O4S/c1-2-12(24)21-3-5-22(6-4-21)15-20-14(25)10-7-9(16(17,18)19)8-11(23(26)27)13(10)28-15;1-8(23)20-2-4-21(5-3-20)14-19-13(24)10-6-9(15(16,17)18)7-11(22(25)26)12(10)27-14/h7-8H,2-6H2,1H3;6-7H,2-5H2,1H3. The van der Waals surface area contributed by atoms with Crippen molar-refractivity contribution in [3.8, 4) is 0 Å². The fraction of sp³-hybridized carbons (Fsp3) is 0.419. The molecule has 2 aliphatic heterocycles. The first kappa shape index (κ1) is 40.7. The normalized spacial score (nSPS) is 15.2. The van der Waals surface area contributed by atoms with Crippen LogP contribution in [0.3, 0.4) is 0 Å². The van der Waals surface area contributed by atoms with Crippen molar-refractivity contribution in [1.29, 1.82) is 0 Å². The maximum atomic E-state index is 13.0. The third-order valence-corrected chi connectivity index (χ3v) is 11.0. The SMILES string of the molecule is CC(=O)N1CCN(c2nc(=O)c3cc(C(F)(F)F)cc([N+](=O)[O-])c3s2)CC1.CCC(=O)N1CCN(c2nc(=O)c3cc(C(F)(F)F)cc([N+](=O)[O-])c3s2)CC1. The summed E-state index contributed by atoms with van der Waals surface area (Å²) in [6, 6.07) is 2.04. The number of piperazine rings is 2. The van der Waals surface area contributed by atoms with Crippen LogP contribution in [-0.2, 0) is 21.9 Å². The van der Waals surface area contributed by atoms with Gasteiger partial charge in [-0.3, -0.25) is 39.4 Å². The molecular formula is C31H28F6N8O8S2. The smallest absolute Gasteiger partial charge is 0.344 e. The number of anilines is 2. The molecule has 2 aromatic carbocycles. The molecule has 2 amide bonds. The van der Waals surface area contributed by atoms with Crippen LogP contribution in [0.1, 0.15) is 31.4 Å². The molecule has 0 aliphatic carbocycles. The molecule has 2 fully saturated rings. The minimum atomic E-state index is -4.82. The molecule has 2 saturated heterocycles. The highest BCUT2D eigenvalue weighted by Crippen LogP contribution is 2.40. The lowest BCUT2D eigenvalue weighted by Crippen LogP contribution is -2.48. The van der Waals surface area contributed by atoms with Gasteiger partial charge in [-0.05, 0) is 12.1 Å². The third-order valence-electron chi connectivity index (χ3n) is 8.63. The number of nitrogens with zero attached hydrogens (tertiary/aromatic N) is 8. The van der Waals surface area contributed by atoms with Gasteiger partial charge in [0.05, 0.1) is 31.7 Å². The number of halogens is 6. The number of rotatable bonds is 5. The van der Waals surface area contributed by atoms with Crippen molar-refractivity contribution in [2.45, 2.75) is 32.6 Å². The Morgan fingerprint density at radius 3 is 1.36 bits per heavy atom. The summed E-state index contributed by atoms with van der Waals surface area (Å²) in [4.78, 5) is 82.8. The molecule has 294 valence electrons. The molecule has 2 aromatic heterocycles. The summed E-state index contributed by atoms with van der Waals surface area (Å²) in [5.74, 6) is -0.0979. The van der Waals surface area contributed by atoms with Gasteiger partial charge in [0, 0.05) is 77.8 Å². The van der Waals surface area contributed by atoms with Crippen molar-refractivity contribution >= 4 is 76.3 Å².